The third kappa shape index (κ3) is 8.71. The maximum Gasteiger partial charge on any atom is 0.211 e. The lowest BCUT2D eigenvalue weighted by molar-refractivity contribution is 0.576. The Morgan fingerprint density at radius 2 is 2.08 bits per heavy atom. The lowest BCUT2D eigenvalue weighted by Crippen LogP contribution is -2.28. The molecule has 0 rings (SSSR count). The first kappa shape index (κ1) is 13.4. The number of hydrogen-bond donors (Lipinski definition) is 1. The summed E-state index contributed by atoms with van der Waals surface area (Å²) in [5.41, 5.74) is 0. The van der Waals surface area contributed by atoms with E-state index in [1.54, 1.807) is 0 Å². The van der Waals surface area contributed by atoms with Gasteiger partial charge in [0.2, 0.25) is 10.0 Å². The van der Waals surface area contributed by atoms with Crippen LogP contribution >= 0.6 is 15.9 Å². The lowest BCUT2D eigenvalue weighted by Gasteiger charge is -2.06. The van der Waals surface area contributed by atoms with E-state index in [9.17, 15) is 8.42 Å². The zero-order valence-electron chi connectivity index (χ0n) is 8.22. The van der Waals surface area contributed by atoms with Gasteiger partial charge in [-0.2, -0.15) is 0 Å². The molecule has 5 heteroatoms. The maximum absolute atomic E-state index is 11.2. The highest BCUT2D eigenvalue weighted by Crippen LogP contribution is 2.02. The highest BCUT2D eigenvalue weighted by Gasteiger charge is 2.08. The zero-order chi connectivity index (χ0) is 10.3. The molecule has 0 aliphatic rings. The van der Waals surface area contributed by atoms with Crippen LogP contribution in [0.2, 0.25) is 0 Å². The molecule has 0 saturated carbocycles. The van der Waals surface area contributed by atoms with Crippen molar-refractivity contribution in [3.05, 3.63) is 0 Å². The van der Waals surface area contributed by atoms with Gasteiger partial charge in [0.25, 0.3) is 0 Å². The molecule has 0 amide bonds. The summed E-state index contributed by atoms with van der Waals surface area (Å²) in [5, 5.41) is 0. The van der Waals surface area contributed by atoms with E-state index in [4.69, 9.17) is 0 Å². The first-order valence-corrected chi connectivity index (χ1v) is 7.16. The number of hydrogen-bond acceptors (Lipinski definition) is 2. The summed E-state index contributed by atoms with van der Waals surface area (Å²) in [6.07, 6.45) is 2.47. The van der Waals surface area contributed by atoms with Gasteiger partial charge in [0.05, 0.1) is 5.75 Å². The fourth-order valence-electron chi connectivity index (χ4n) is 0.820. The van der Waals surface area contributed by atoms with Crippen molar-refractivity contribution in [2.24, 2.45) is 0 Å². The molecule has 0 aromatic carbocycles. The van der Waals surface area contributed by atoms with Gasteiger partial charge >= 0.3 is 0 Å². The highest BCUT2D eigenvalue weighted by atomic mass is 79.9. The summed E-state index contributed by atoms with van der Waals surface area (Å²) in [4.78, 5) is 0.362. The van der Waals surface area contributed by atoms with E-state index >= 15 is 0 Å². The lowest BCUT2D eigenvalue weighted by atomic mass is 10.3. The van der Waals surface area contributed by atoms with Gasteiger partial charge in [0.1, 0.15) is 0 Å². The molecular formula is C8H18BrNO2S. The minimum atomic E-state index is -3.01. The summed E-state index contributed by atoms with van der Waals surface area (Å²) in [5.74, 6) is 0.250. The molecule has 3 nitrogen and oxygen atoms in total. The van der Waals surface area contributed by atoms with Gasteiger partial charge in [-0.1, -0.05) is 36.2 Å². The van der Waals surface area contributed by atoms with Crippen LogP contribution in [-0.2, 0) is 10.0 Å². The molecule has 0 aromatic heterocycles. The summed E-state index contributed by atoms with van der Waals surface area (Å²) in [6, 6.07) is 0. The molecule has 0 radical (unpaired) electrons. The molecule has 80 valence electrons. The van der Waals surface area contributed by atoms with Crippen molar-refractivity contribution in [1.82, 2.24) is 4.72 Å². The summed E-state index contributed by atoms with van der Waals surface area (Å²) >= 11 is 3.36. The van der Waals surface area contributed by atoms with Crippen LogP contribution in [0.4, 0.5) is 0 Å². The molecule has 0 aromatic rings. The average Bonchev–Trinajstić information content (AvgIpc) is 2.00. The molecular weight excluding hydrogens is 254 g/mol. The Balaban J connectivity index is 3.64. The second-order valence-electron chi connectivity index (χ2n) is 3.14. The van der Waals surface area contributed by atoms with Crippen molar-refractivity contribution >= 4 is 26.0 Å². The van der Waals surface area contributed by atoms with Crippen molar-refractivity contribution in [2.75, 3.05) is 12.3 Å². The smallest absolute Gasteiger partial charge is 0.211 e. The molecule has 1 N–H and O–H groups in total. The fraction of sp³-hybridized carbons (Fsp3) is 1.00. The van der Waals surface area contributed by atoms with Gasteiger partial charge in [-0.15, -0.1) is 0 Å². The molecule has 0 bridgehead atoms. The molecule has 1 unspecified atom stereocenters. The Hall–Kier alpha value is 0.390. The Morgan fingerprint density at radius 3 is 2.54 bits per heavy atom. The molecule has 0 aliphatic heterocycles. The number of sulfonamides is 1. The van der Waals surface area contributed by atoms with Gasteiger partial charge < -0.3 is 0 Å². The standard InChI is InChI=1S/C8H18BrNO2S/c1-3-4-7-13(11,12)10-6-5-8(2)9/h8,10H,3-7H2,1-2H3. The number of halogens is 1. The van der Waals surface area contributed by atoms with E-state index in [1.165, 1.54) is 0 Å². The van der Waals surface area contributed by atoms with E-state index in [1.807, 2.05) is 13.8 Å². The van der Waals surface area contributed by atoms with Crippen molar-refractivity contribution in [3.63, 3.8) is 0 Å². The number of unbranched alkanes of at least 4 members (excludes halogenated alkanes) is 1. The average molecular weight is 272 g/mol. The van der Waals surface area contributed by atoms with Crippen LogP contribution in [0.5, 0.6) is 0 Å². The van der Waals surface area contributed by atoms with Gasteiger partial charge in [-0.25, -0.2) is 13.1 Å². The van der Waals surface area contributed by atoms with Crippen molar-refractivity contribution in [1.29, 1.82) is 0 Å². The topological polar surface area (TPSA) is 46.2 Å². The second-order valence-corrected chi connectivity index (χ2v) is 6.63. The van der Waals surface area contributed by atoms with Gasteiger partial charge in [0, 0.05) is 11.4 Å². The summed E-state index contributed by atoms with van der Waals surface area (Å²) < 4.78 is 25.1. The maximum atomic E-state index is 11.2. The molecule has 0 aliphatic carbocycles. The molecule has 0 spiro atoms. The number of alkyl halides is 1. The third-order valence-electron chi connectivity index (χ3n) is 1.63. The largest absolute Gasteiger partial charge is 0.215 e. The van der Waals surface area contributed by atoms with E-state index in [2.05, 4.69) is 20.7 Å². The van der Waals surface area contributed by atoms with Crippen LogP contribution in [0.3, 0.4) is 0 Å². The minimum Gasteiger partial charge on any atom is -0.215 e. The van der Waals surface area contributed by atoms with Gasteiger partial charge in [0.15, 0.2) is 0 Å². The van der Waals surface area contributed by atoms with E-state index in [0.717, 1.165) is 19.3 Å². The van der Waals surface area contributed by atoms with Crippen molar-refractivity contribution in [3.8, 4) is 0 Å². The molecule has 0 saturated heterocycles. The predicted molar refractivity (Wildman–Crippen MR) is 59.7 cm³/mol. The van der Waals surface area contributed by atoms with Gasteiger partial charge in [-0.3, -0.25) is 0 Å². The first-order valence-electron chi connectivity index (χ1n) is 4.59. The normalized spacial score (nSPS) is 14.4. The van der Waals surface area contributed by atoms with E-state index in [-0.39, 0.29) is 5.75 Å². The monoisotopic (exact) mass is 271 g/mol. The van der Waals surface area contributed by atoms with Crippen LogP contribution in [0, 0.1) is 0 Å². The first-order chi connectivity index (χ1) is 5.98. The van der Waals surface area contributed by atoms with E-state index < -0.39 is 10.0 Å². The van der Waals surface area contributed by atoms with Gasteiger partial charge in [-0.05, 0) is 12.8 Å². The van der Waals surface area contributed by atoms with Crippen molar-refractivity contribution in [2.45, 2.75) is 37.9 Å². The highest BCUT2D eigenvalue weighted by molar-refractivity contribution is 9.09. The molecule has 1 atom stereocenters. The van der Waals surface area contributed by atoms with Crippen LogP contribution in [0.25, 0.3) is 0 Å². The fourth-order valence-corrected chi connectivity index (χ4v) is 2.29. The summed E-state index contributed by atoms with van der Waals surface area (Å²) in [7, 11) is -3.01. The molecule has 0 fully saturated rings. The zero-order valence-corrected chi connectivity index (χ0v) is 10.6. The minimum absolute atomic E-state index is 0.250. The Morgan fingerprint density at radius 1 is 1.46 bits per heavy atom. The third-order valence-corrected chi connectivity index (χ3v) is 3.56. The predicted octanol–water partition coefficient (Wildman–Crippen LogP) is 1.88. The van der Waals surface area contributed by atoms with Crippen molar-refractivity contribution < 1.29 is 8.42 Å². The van der Waals surface area contributed by atoms with Crippen LogP contribution in [0.15, 0.2) is 0 Å². The Labute approximate surface area is 89.5 Å². The second kappa shape index (κ2) is 6.79. The van der Waals surface area contributed by atoms with Crippen LogP contribution in [-0.4, -0.2) is 25.5 Å². The number of nitrogens with one attached hydrogen (secondary N) is 1. The van der Waals surface area contributed by atoms with Crippen LogP contribution < -0.4 is 4.72 Å². The van der Waals surface area contributed by atoms with Crippen LogP contribution in [0.1, 0.15) is 33.1 Å². The quantitative estimate of drug-likeness (QED) is 0.719. The molecule has 0 heterocycles. The summed E-state index contributed by atoms with van der Waals surface area (Å²) in [6.45, 7) is 4.51. The Bertz CT molecular complexity index is 214. The number of rotatable bonds is 7. The molecule has 13 heavy (non-hydrogen) atoms. The SMILES string of the molecule is CCCCS(=O)(=O)NCCC(C)Br. The Kier molecular flexibility index (Phi) is 6.99. The van der Waals surface area contributed by atoms with E-state index in [0.29, 0.717) is 11.4 Å².